The molecule has 1 aromatic heterocycles. The Balaban J connectivity index is 2.02. The smallest absolute Gasteiger partial charge is 0.416 e. The maximum absolute atomic E-state index is 15.6. The minimum Gasteiger partial charge on any atom is -0.494 e. The average molecular weight is 638 g/mol. The number of halogens is 5. The predicted octanol–water partition coefficient (Wildman–Crippen LogP) is 6.68. The molecule has 0 radical (unpaired) electrons. The molecule has 1 saturated carbocycles. The van der Waals surface area contributed by atoms with E-state index in [4.69, 9.17) is 4.74 Å². The first-order chi connectivity index (χ1) is 21.3. The van der Waals surface area contributed by atoms with Crippen LogP contribution in [0.3, 0.4) is 0 Å². The van der Waals surface area contributed by atoms with Gasteiger partial charge < -0.3 is 14.7 Å². The summed E-state index contributed by atoms with van der Waals surface area (Å²) in [6.45, 7) is 1.84. The molecule has 13 heteroatoms. The van der Waals surface area contributed by atoms with E-state index in [1.807, 2.05) is 0 Å². The van der Waals surface area contributed by atoms with Crippen LogP contribution in [0.2, 0.25) is 0 Å². The molecule has 244 valence electrons. The quantitative estimate of drug-likeness (QED) is 0.251. The summed E-state index contributed by atoms with van der Waals surface area (Å²) in [7, 11) is 1.22. The van der Waals surface area contributed by atoms with Gasteiger partial charge in [-0.3, -0.25) is 13.9 Å². The Hall–Kier alpha value is -4.16. The number of amides is 1. The van der Waals surface area contributed by atoms with Gasteiger partial charge in [0.1, 0.15) is 5.82 Å². The molecule has 0 saturated heterocycles. The minimum atomic E-state index is -4.96. The SMILES string of the molecule is CCCN(C(=O)O)C(Cn1c(=O)c(-c2cccc(OC)c2F)c(C)n(Cc2c(F)cccc2C(F)(F)F)c1=O)C1CCCCC1. The van der Waals surface area contributed by atoms with Gasteiger partial charge in [-0.2, -0.15) is 13.2 Å². The van der Waals surface area contributed by atoms with Crippen molar-refractivity contribution in [3.8, 4) is 16.9 Å². The lowest BCUT2D eigenvalue weighted by molar-refractivity contribution is -0.138. The molecule has 1 heterocycles. The van der Waals surface area contributed by atoms with E-state index >= 15 is 4.39 Å². The van der Waals surface area contributed by atoms with E-state index in [2.05, 4.69) is 0 Å². The number of carbonyl (C=O) groups is 1. The number of benzene rings is 2. The first-order valence-electron chi connectivity index (χ1n) is 14.8. The molecule has 45 heavy (non-hydrogen) atoms. The third kappa shape index (κ3) is 6.91. The summed E-state index contributed by atoms with van der Waals surface area (Å²) in [4.78, 5) is 41.8. The summed E-state index contributed by atoms with van der Waals surface area (Å²) in [6, 6.07) is 5.58. The molecule has 0 aliphatic heterocycles. The molecule has 1 N–H and O–H groups in total. The molecular weight excluding hydrogens is 601 g/mol. The second-order valence-corrected chi connectivity index (χ2v) is 11.3. The second kappa shape index (κ2) is 13.9. The topological polar surface area (TPSA) is 93.8 Å². The van der Waals surface area contributed by atoms with E-state index in [9.17, 15) is 37.1 Å². The number of aromatic nitrogens is 2. The van der Waals surface area contributed by atoms with Crippen molar-refractivity contribution in [3.63, 3.8) is 0 Å². The first kappa shape index (κ1) is 33.7. The Morgan fingerprint density at radius 1 is 1.07 bits per heavy atom. The molecule has 2 aromatic carbocycles. The van der Waals surface area contributed by atoms with E-state index in [1.54, 1.807) is 6.92 Å². The van der Waals surface area contributed by atoms with Crippen molar-refractivity contribution < 1.29 is 36.6 Å². The van der Waals surface area contributed by atoms with Crippen LogP contribution in [0.5, 0.6) is 5.75 Å². The second-order valence-electron chi connectivity index (χ2n) is 11.3. The highest BCUT2D eigenvalue weighted by atomic mass is 19.4. The van der Waals surface area contributed by atoms with Crippen LogP contribution in [0.25, 0.3) is 11.1 Å². The van der Waals surface area contributed by atoms with Crippen molar-refractivity contribution in [2.75, 3.05) is 13.7 Å². The fourth-order valence-electron chi connectivity index (χ4n) is 6.31. The van der Waals surface area contributed by atoms with Crippen LogP contribution >= 0.6 is 0 Å². The summed E-state index contributed by atoms with van der Waals surface area (Å²) in [5, 5.41) is 10.1. The van der Waals surface area contributed by atoms with Crippen molar-refractivity contribution in [1.82, 2.24) is 14.0 Å². The normalized spacial score (nSPS) is 14.8. The Kier molecular flexibility index (Phi) is 10.4. The average Bonchev–Trinajstić information content (AvgIpc) is 3.00. The molecule has 1 fully saturated rings. The van der Waals surface area contributed by atoms with E-state index in [0.717, 1.165) is 40.5 Å². The van der Waals surface area contributed by atoms with E-state index in [0.29, 0.717) is 25.3 Å². The van der Waals surface area contributed by atoms with E-state index in [-0.39, 0.29) is 35.0 Å². The largest absolute Gasteiger partial charge is 0.494 e. The van der Waals surface area contributed by atoms with Gasteiger partial charge in [-0.05, 0) is 50.3 Å². The van der Waals surface area contributed by atoms with Gasteiger partial charge in [0, 0.05) is 23.4 Å². The molecule has 4 rings (SSSR count). The summed E-state index contributed by atoms with van der Waals surface area (Å²) >= 11 is 0. The fraction of sp³-hybridized carbons (Fsp3) is 0.469. The monoisotopic (exact) mass is 637 g/mol. The van der Waals surface area contributed by atoms with Gasteiger partial charge in [0.05, 0.1) is 37.4 Å². The molecule has 1 atom stereocenters. The van der Waals surface area contributed by atoms with Gasteiger partial charge in [0.2, 0.25) is 0 Å². The van der Waals surface area contributed by atoms with Crippen molar-refractivity contribution in [3.05, 3.63) is 85.7 Å². The number of hydrogen-bond acceptors (Lipinski definition) is 4. The Bertz CT molecular complexity index is 1660. The third-order valence-electron chi connectivity index (χ3n) is 8.55. The zero-order chi connectivity index (χ0) is 33.1. The lowest BCUT2D eigenvalue weighted by atomic mass is 9.83. The van der Waals surface area contributed by atoms with E-state index in [1.165, 1.54) is 37.1 Å². The standard InChI is InChI=1S/C32H36F5N3O5/c1-4-16-38(31(43)44)25(20-10-6-5-7-11-20)18-40-29(41)27(21-12-8-15-26(45-3)28(21)34)19(2)39(30(40)42)17-22-23(32(35,36)37)13-9-14-24(22)33/h8-9,12-15,20,25H,4-7,10-11,16-18H2,1-3H3,(H,43,44). The predicted molar refractivity (Wildman–Crippen MR) is 158 cm³/mol. The molecule has 1 unspecified atom stereocenters. The lowest BCUT2D eigenvalue weighted by Crippen LogP contribution is -2.52. The highest BCUT2D eigenvalue weighted by Gasteiger charge is 2.36. The number of alkyl halides is 3. The fourth-order valence-corrected chi connectivity index (χ4v) is 6.31. The minimum absolute atomic E-state index is 0.118. The number of methoxy groups -OCH3 is 1. The van der Waals surface area contributed by atoms with Crippen LogP contribution in [0.4, 0.5) is 26.7 Å². The first-order valence-corrected chi connectivity index (χ1v) is 14.8. The van der Waals surface area contributed by atoms with Crippen LogP contribution in [-0.4, -0.2) is 44.9 Å². The Labute approximate surface area is 256 Å². The molecule has 0 spiro atoms. The molecule has 1 amide bonds. The van der Waals surface area contributed by atoms with Gasteiger partial charge in [0.25, 0.3) is 5.56 Å². The van der Waals surface area contributed by atoms with Gasteiger partial charge in [-0.1, -0.05) is 44.4 Å². The van der Waals surface area contributed by atoms with Gasteiger partial charge in [0.15, 0.2) is 11.6 Å². The Morgan fingerprint density at radius 2 is 1.73 bits per heavy atom. The van der Waals surface area contributed by atoms with Gasteiger partial charge in [-0.25, -0.2) is 18.4 Å². The Morgan fingerprint density at radius 3 is 2.33 bits per heavy atom. The number of hydrogen-bond donors (Lipinski definition) is 1. The lowest BCUT2D eigenvalue weighted by Gasteiger charge is -2.37. The summed E-state index contributed by atoms with van der Waals surface area (Å²) in [5.41, 5.74) is -4.96. The van der Waals surface area contributed by atoms with Crippen molar-refractivity contribution in [2.45, 2.75) is 77.7 Å². The van der Waals surface area contributed by atoms with Crippen LogP contribution < -0.4 is 16.0 Å². The maximum Gasteiger partial charge on any atom is 0.416 e. The molecular formula is C32H36F5N3O5. The zero-order valence-electron chi connectivity index (χ0n) is 25.3. The number of rotatable bonds is 10. The summed E-state index contributed by atoms with van der Waals surface area (Å²) in [5.74, 6) is -2.59. The zero-order valence-corrected chi connectivity index (χ0v) is 25.3. The molecule has 3 aromatic rings. The van der Waals surface area contributed by atoms with E-state index < -0.39 is 65.4 Å². The van der Waals surface area contributed by atoms with Crippen LogP contribution in [0.1, 0.15) is 62.3 Å². The highest BCUT2D eigenvalue weighted by Crippen LogP contribution is 2.35. The molecule has 8 nitrogen and oxygen atoms in total. The summed E-state index contributed by atoms with van der Waals surface area (Å²) in [6.07, 6.45) is -1.86. The number of nitrogens with zero attached hydrogens (tertiary/aromatic N) is 3. The van der Waals surface area contributed by atoms with Crippen molar-refractivity contribution >= 4 is 6.09 Å². The van der Waals surface area contributed by atoms with Gasteiger partial charge >= 0.3 is 18.0 Å². The molecule has 0 bridgehead atoms. The van der Waals surface area contributed by atoms with Crippen molar-refractivity contribution in [2.24, 2.45) is 5.92 Å². The van der Waals surface area contributed by atoms with Gasteiger partial charge in [-0.15, -0.1) is 0 Å². The molecule has 1 aliphatic rings. The number of carboxylic acid groups (broad SMARTS) is 1. The van der Waals surface area contributed by atoms with Crippen molar-refractivity contribution in [1.29, 1.82) is 0 Å². The van der Waals surface area contributed by atoms with Crippen LogP contribution in [0, 0.1) is 24.5 Å². The van der Waals surface area contributed by atoms with Crippen LogP contribution in [0.15, 0.2) is 46.0 Å². The maximum atomic E-state index is 15.6. The molecule has 1 aliphatic carbocycles. The van der Waals surface area contributed by atoms with Crippen LogP contribution in [-0.2, 0) is 19.3 Å². The summed E-state index contributed by atoms with van der Waals surface area (Å²) < 4.78 is 79.1. The third-order valence-corrected chi connectivity index (χ3v) is 8.55. The highest BCUT2D eigenvalue weighted by molar-refractivity contribution is 5.68. The number of ether oxygens (including phenoxy) is 1.